The van der Waals surface area contributed by atoms with Crippen LogP contribution in [-0.4, -0.2) is 29.5 Å². The van der Waals surface area contributed by atoms with Crippen molar-refractivity contribution in [2.24, 2.45) is 5.73 Å². The van der Waals surface area contributed by atoms with Crippen LogP contribution in [0.5, 0.6) is 5.88 Å². The maximum absolute atomic E-state index is 12.3. The molecule has 0 aliphatic heterocycles. The van der Waals surface area contributed by atoms with Gasteiger partial charge < -0.3 is 15.8 Å². The standard InChI is InChI=1S/C15H14N4O2/c1-21-14-5-4-12(10-18-14)19-15(20)13-6-8-17-9-11(13)3-2-7-16/h4-6,8-10H,7,16H2,1H3,(H,19,20). The van der Waals surface area contributed by atoms with Crippen molar-refractivity contribution in [2.45, 2.75) is 0 Å². The summed E-state index contributed by atoms with van der Waals surface area (Å²) in [6.45, 7) is 0.221. The number of ether oxygens (including phenoxy) is 1. The monoisotopic (exact) mass is 282 g/mol. The molecule has 2 rings (SSSR count). The zero-order chi connectivity index (χ0) is 15.1. The van der Waals surface area contributed by atoms with E-state index in [0.717, 1.165) is 0 Å². The van der Waals surface area contributed by atoms with Gasteiger partial charge in [-0.05, 0) is 12.1 Å². The molecule has 21 heavy (non-hydrogen) atoms. The number of nitrogens with zero attached hydrogens (tertiary/aromatic N) is 2. The van der Waals surface area contributed by atoms with Crippen molar-refractivity contribution in [1.82, 2.24) is 9.97 Å². The first kappa shape index (κ1) is 14.5. The molecule has 0 aliphatic carbocycles. The summed E-state index contributed by atoms with van der Waals surface area (Å²) >= 11 is 0. The van der Waals surface area contributed by atoms with Crippen LogP contribution in [0, 0.1) is 11.8 Å². The molecular formula is C15H14N4O2. The van der Waals surface area contributed by atoms with Crippen LogP contribution in [0.25, 0.3) is 0 Å². The van der Waals surface area contributed by atoms with E-state index < -0.39 is 0 Å². The van der Waals surface area contributed by atoms with Gasteiger partial charge in [-0.15, -0.1) is 0 Å². The third kappa shape index (κ3) is 3.78. The second kappa shape index (κ2) is 7.03. The number of pyridine rings is 2. The average molecular weight is 282 g/mol. The summed E-state index contributed by atoms with van der Waals surface area (Å²) in [5.74, 6) is 5.72. The summed E-state index contributed by atoms with van der Waals surface area (Å²) in [6.07, 6.45) is 4.59. The normalized spacial score (nSPS) is 9.43. The summed E-state index contributed by atoms with van der Waals surface area (Å²) in [7, 11) is 1.53. The number of nitrogens with two attached hydrogens (primary N) is 1. The second-order valence-electron chi connectivity index (χ2n) is 3.97. The van der Waals surface area contributed by atoms with Crippen LogP contribution in [0.15, 0.2) is 36.8 Å². The lowest BCUT2D eigenvalue weighted by atomic mass is 10.1. The maximum atomic E-state index is 12.3. The van der Waals surface area contributed by atoms with Gasteiger partial charge in [0.2, 0.25) is 5.88 Å². The topological polar surface area (TPSA) is 90.1 Å². The van der Waals surface area contributed by atoms with Crippen molar-refractivity contribution in [2.75, 3.05) is 19.0 Å². The largest absolute Gasteiger partial charge is 0.481 e. The molecule has 0 radical (unpaired) electrons. The molecule has 2 aromatic heterocycles. The highest BCUT2D eigenvalue weighted by Gasteiger charge is 2.10. The molecule has 0 aliphatic rings. The van der Waals surface area contributed by atoms with Gasteiger partial charge in [0.05, 0.1) is 36.7 Å². The fourth-order valence-electron chi connectivity index (χ4n) is 1.61. The highest BCUT2D eigenvalue weighted by molar-refractivity contribution is 6.05. The fraction of sp³-hybridized carbons (Fsp3) is 0.133. The van der Waals surface area contributed by atoms with Crippen molar-refractivity contribution < 1.29 is 9.53 Å². The van der Waals surface area contributed by atoms with E-state index in [0.29, 0.717) is 22.7 Å². The molecule has 2 aromatic rings. The predicted molar refractivity (Wildman–Crippen MR) is 78.9 cm³/mol. The number of anilines is 1. The Kier molecular flexibility index (Phi) is 4.85. The summed E-state index contributed by atoms with van der Waals surface area (Å²) < 4.78 is 4.96. The van der Waals surface area contributed by atoms with E-state index in [1.54, 1.807) is 18.2 Å². The van der Waals surface area contributed by atoms with Crippen LogP contribution in [0.3, 0.4) is 0 Å². The van der Waals surface area contributed by atoms with Gasteiger partial charge in [-0.1, -0.05) is 11.8 Å². The quantitative estimate of drug-likeness (QED) is 0.821. The Balaban J connectivity index is 2.19. The van der Waals surface area contributed by atoms with Crippen LogP contribution in [0.4, 0.5) is 5.69 Å². The van der Waals surface area contributed by atoms with Gasteiger partial charge >= 0.3 is 0 Å². The van der Waals surface area contributed by atoms with Gasteiger partial charge in [-0.25, -0.2) is 4.98 Å². The van der Waals surface area contributed by atoms with Gasteiger partial charge in [0.1, 0.15) is 0 Å². The molecule has 0 unspecified atom stereocenters. The minimum Gasteiger partial charge on any atom is -0.481 e. The second-order valence-corrected chi connectivity index (χ2v) is 3.97. The van der Waals surface area contributed by atoms with Gasteiger partial charge in [-0.3, -0.25) is 9.78 Å². The minimum atomic E-state index is -0.286. The van der Waals surface area contributed by atoms with Crippen LogP contribution < -0.4 is 15.8 Å². The lowest BCUT2D eigenvalue weighted by molar-refractivity contribution is 0.102. The van der Waals surface area contributed by atoms with Gasteiger partial charge in [0.15, 0.2) is 0 Å². The summed E-state index contributed by atoms with van der Waals surface area (Å²) in [5, 5.41) is 2.74. The first-order valence-corrected chi connectivity index (χ1v) is 6.19. The Morgan fingerprint density at radius 2 is 2.24 bits per heavy atom. The molecule has 6 nitrogen and oxygen atoms in total. The summed E-state index contributed by atoms with van der Waals surface area (Å²) in [4.78, 5) is 20.2. The smallest absolute Gasteiger partial charge is 0.257 e. The maximum Gasteiger partial charge on any atom is 0.257 e. The van der Waals surface area contributed by atoms with E-state index >= 15 is 0 Å². The zero-order valence-corrected chi connectivity index (χ0v) is 11.5. The van der Waals surface area contributed by atoms with Gasteiger partial charge in [0, 0.05) is 18.5 Å². The van der Waals surface area contributed by atoms with Crippen molar-refractivity contribution in [1.29, 1.82) is 0 Å². The van der Waals surface area contributed by atoms with E-state index in [2.05, 4.69) is 27.1 Å². The molecule has 0 atom stereocenters. The van der Waals surface area contributed by atoms with Crippen molar-refractivity contribution >= 4 is 11.6 Å². The van der Waals surface area contributed by atoms with Crippen LogP contribution in [0.2, 0.25) is 0 Å². The number of carbonyl (C=O) groups excluding carboxylic acids is 1. The lowest BCUT2D eigenvalue weighted by Crippen LogP contribution is -2.14. The molecule has 0 spiro atoms. The number of hydrogen-bond acceptors (Lipinski definition) is 5. The lowest BCUT2D eigenvalue weighted by Gasteiger charge is -2.07. The molecule has 0 aromatic carbocycles. The zero-order valence-electron chi connectivity index (χ0n) is 11.5. The Bertz CT molecular complexity index is 687. The fourth-order valence-corrected chi connectivity index (χ4v) is 1.61. The number of hydrogen-bond donors (Lipinski definition) is 2. The third-order valence-corrected chi connectivity index (χ3v) is 2.59. The van der Waals surface area contributed by atoms with Crippen molar-refractivity contribution in [3.05, 3.63) is 47.9 Å². The molecule has 2 heterocycles. The highest BCUT2D eigenvalue weighted by Crippen LogP contribution is 2.13. The number of aromatic nitrogens is 2. The van der Waals surface area contributed by atoms with Crippen LogP contribution in [-0.2, 0) is 0 Å². The molecular weight excluding hydrogens is 268 g/mol. The number of methoxy groups -OCH3 is 1. The molecule has 6 heteroatoms. The molecule has 0 fully saturated rings. The van der Waals surface area contributed by atoms with E-state index in [9.17, 15) is 4.79 Å². The molecule has 106 valence electrons. The first-order chi connectivity index (χ1) is 10.2. The highest BCUT2D eigenvalue weighted by atomic mass is 16.5. The van der Waals surface area contributed by atoms with E-state index in [1.807, 2.05) is 0 Å². The Morgan fingerprint density at radius 3 is 2.90 bits per heavy atom. The SMILES string of the molecule is COc1ccc(NC(=O)c2ccncc2C#CCN)cn1. The Hall–Kier alpha value is -2.91. The third-order valence-electron chi connectivity index (χ3n) is 2.59. The van der Waals surface area contributed by atoms with Gasteiger partial charge in [0.25, 0.3) is 5.91 Å². The number of nitrogens with one attached hydrogen (secondary N) is 1. The number of carbonyl (C=O) groups is 1. The van der Waals surface area contributed by atoms with Crippen molar-refractivity contribution in [3.8, 4) is 17.7 Å². The molecule has 0 bridgehead atoms. The Morgan fingerprint density at radius 1 is 1.38 bits per heavy atom. The molecule has 1 amide bonds. The van der Waals surface area contributed by atoms with E-state index in [4.69, 9.17) is 10.5 Å². The van der Waals surface area contributed by atoms with Crippen LogP contribution in [0.1, 0.15) is 15.9 Å². The molecule has 0 saturated carbocycles. The van der Waals surface area contributed by atoms with E-state index in [-0.39, 0.29) is 12.5 Å². The first-order valence-electron chi connectivity index (χ1n) is 6.19. The minimum absolute atomic E-state index is 0.221. The predicted octanol–water partition coefficient (Wildman–Crippen LogP) is 1.05. The summed E-state index contributed by atoms with van der Waals surface area (Å²) in [6, 6.07) is 4.97. The van der Waals surface area contributed by atoms with Gasteiger partial charge in [-0.2, -0.15) is 0 Å². The summed E-state index contributed by atoms with van der Waals surface area (Å²) in [5.41, 5.74) is 6.87. The Labute approximate surface area is 122 Å². The average Bonchev–Trinajstić information content (AvgIpc) is 2.54. The molecule has 0 saturated heterocycles. The molecule has 3 N–H and O–H groups in total. The van der Waals surface area contributed by atoms with E-state index in [1.165, 1.54) is 25.7 Å². The number of rotatable bonds is 3. The van der Waals surface area contributed by atoms with Crippen LogP contribution >= 0.6 is 0 Å². The van der Waals surface area contributed by atoms with Crippen molar-refractivity contribution in [3.63, 3.8) is 0 Å². The number of amides is 1.